The summed E-state index contributed by atoms with van der Waals surface area (Å²) >= 11 is 0. The lowest BCUT2D eigenvalue weighted by molar-refractivity contribution is -0.138. The zero-order chi connectivity index (χ0) is 22.9. The molecule has 2 bridgehead atoms. The molecule has 3 unspecified atom stereocenters. The van der Waals surface area contributed by atoms with E-state index in [0.717, 1.165) is 37.5 Å². The van der Waals surface area contributed by atoms with Gasteiger partial charge in [0.25, 0.3) is 0 Å². The quantitative estimate of drug-likeness (QED) is 0.567. The Kier molecular flexibility index (Phi) is 6.63. The monoisotopic (exact) mass is 453 g/mol. The Balaban J connectivity index is 1.26. The van der Waals surface area contributed by atoms with Crippen LogP contribution in [0.5, 0.6) is 0 Å². The summed E-state index contributed by atoms with van der Waals surface area (Å²) in [6.45, 7) is 4.40. The fourth-order valence-electron chi connectivity index (χ4n) is 5.30. The van der Waals surface area contributed by atoms with Gasteiger partial charge in [0.1, 0.15) is 0 Å². The first-order valence-electron chi connectivity index (χ1n) is 11.4. The predicted molar refractivity (Wildman–Crippen MR) is 111 cm³/mol. The number of ether oxygens (including phenoxy) is 2. The third kappa shape index (κ3) is 5.01. The van der Waals surface area contributed by atoms with Gasteiger partial charge >= 0.3 is 6.18 Å². The third-order valence-corrected chi connectivity index (χ3v) is 7.25. The van der Waals surface area contributed by atoms with Gasteiger partial charge in [-0.25, -0.2) is 0 Å². The normalized spacial score (nSPS) is 27.0. The number of hydrogen-bond acceptors (Lipinski definition) is 4. The van der Waals surface area contributed by atoms with E-state index in [1.165, 1.54) is 12.1 Å². The Bertz CT molecular complexity index is 840. The van der Waals surface area contributed by atoms with E-state index in [4.69, 9.17) is 9.47 Å². The average molecular weight is 454 g/mol. The molecular formula is C24H30F3NO4. The molecule has 3 atom stereocenters. The fraction of sp³-hybridized carbons (Fsp3) is 0.667. The molecule has 8 heteroatoms. The molecule has 2 aliphatic heterocycles. The number of halogens is 3. The minimum Gasteiger partial charge on any atom is -0.378 e. The smallest absolute Gasteiger partial charge is 0.378 e. The highest BCUT2D eigenvalue weighted by Crippen LogP contribution is 2.46. The first-order valence-corrected chi connectivity index (χ1v) is 11.4. The minimum absolute atomic E-state index is 0.0329. The molecule has 176 valence electrons. The van der Waals surface area contributed by atoms with Crippen LogP contribution < -0.4 is 0 Å². The molecule has 0 aromatic heterocycles. The van der Waals surface area contributed by atoms with Crippen molar-refractivity contribution >= 4 is 12.2 Å². The number of fused-ring (bicyclic) bond motifs is 2. The first-order chi connectivity index (χ1) is 15.2. The summed E-state index contributed by atoms with van der Waals surface area (Å²) in [5.41, 5.74) is -0.394. The molecular weight excluding hydrogens is 423 g/mol. The van der Waals surface area contributed by atoms with Gasteiger partial charge in [-0.3, -0.25) is 9.59 Å². The number of likely N-dealkylation sites (tertiary alicyclic amines) is 1. The molecule has 1 aromatic carbocycles. The largest absolute Gasteiger partial charge is 0.417 e. The molecule has 3 fully saturated rings. The number of amides is 1. The van der Waals surface area contributed by atoms with Gasteiger partial charge in [0.05, 0.1) is 37.4 Å². The highest BCUT2D eigenvalue weighted by Gasteiger charge is 2.46. The molecule has 2 saturated heterocycles. The lowest BCUT2D eigenvalue weighted by Crippen LogP contribution is -2.39. The number of piperidine rings is 1. The van der Waals surface area contributed by atoms with Crippen LogP contribution in [0.3, 0.4) is 0 Å². The lowest BCUT2D eigenvalue weighted by atomic mass is 9.87. The summed E-state index contributed by atoms with van der Waals surface area (Å²) in [6, 6.07) is 3.78. The summed E-state index contributed by atoms with van der Waals surface area (Å²) in [6.07, 6.45) is 0.836. The van der Waals surface area contributed by atoms with Gasteiger partial charge in [-0.05, 0) is 62.6 Å². The van der Waals surface area contributed by atoms with Crippen LogP contribution in [-0.2, 0) is 20.4 Å². The molecule has 4 rings (SSSR count). The summed E-state index contributed by atoms with van der Waals surface area (Å²) in [7, 11) is 0. The molecule has 0 spiro atoms. The van der Waals surface area contributed by atoms with Crippen LogP contribution in [0.15, 0.2) is 18.2 Å². The number of hydrogen-bond donors (Lipinski definition) is 0. The third-order valence-electron chi connectivity index (χ3n) is 7.25. The van der Waals surface area contributed by atoms with E-state index in [-0.39, 0.29) is 35.2 Å². The Hall–Kier alpha value is -1.93. The molecule has 32 heavy (non-hydrogen) atoms. The Morgan fingerprint density at radius 2 is 2.06 bits per heavy atom. The molecule has 5 nitrogen and oxygen atoms in total. The average Bonchev–Trinajstić information content (AvgIpc) is 3.38. The van der Waals surface area contributed by atoms with Crippen molar-refractivity contribution in [3.8, 4) is 0 Å². The van der Waals surface area contributed by atoms with Crippen LogP contribution in [0.25, 0.3) is 0 Å². The van der Waals surface area contributed by atoms with E-state index in [2.05, 4.69) is 0 Å². The van der Waals surface area contributed by atoms with Crippen LogP contribution in [0.1, 0.15) is 72.9 Å². The maximum atomic E-state index is 13.0. The van der Waals surface area contributed by atoms with Gasteiger partial charge < -0.3 is 14.4 Å². The predicted octanol–water partition coefficient (Wildman–Crippen LogP) is 4.59. The van der Waals surface area contributed by atoms with Crippen LogP contribution in [0, 0.1) is 5.41 Å². The molecule has 1 aliphatic carbocycles. The number of aldehydes is 1. The van der Waals surface area contributed by atoms with Crippen LogP contribution >= 0.6 is 0 Å². The van der Waals surface area contributed by atoms with E-state index < -0.39 is 11.7 Å². The van der Waals surface area contributed by atoms with Crippen molar-refractivity contribution in [2.75, 3.05) is 26.3 Å². The second kappa shape index (κ2) is 9.14. The number of carbonyl (C=O) groups excluding carboxylic acids is 2. The van der Waals surface area contributed by atoms with Crippen LogP contribution in [0.4, 0.5) is 13.2 Å². The van der Waals surface area contributed by atoms with E-state index in [1.807, 2.05) is 11.8 Å². The van der Waals surface area contributed by atoms with Gasteiger partial charge in [0.2, 0.25) is 5.91 Å². The zero-order valence-corrected chi connectivity index (χ0v) is 18.3. The van der Waals surface area contributed by atoms with Crippen molar-refractivity contribution in [1.82, 2.24) is 4.90 Å². The summed E-state index contributed by atoms with van der Waals surface area (Å²) in [5.74, 6) is 0.0758. The summed E-state index contributed by atoms with van der Waals surface area (Å²) in [4.78, 5) is 25.7. The van der Waals surface area contributed by atoms with Gasteiger partial charge in [-0.2, -0.15) is 13.2 Å². The second-order valence-electron chi connectivity index (χ2n) is 9.62. The van der Waals surface area contributed by atoms with E-state index in [1.54, 1.807) is 0 Å². The summed E-state index contributed by atoms with van der Waals surface area (Å²) in [5, 5.41) is 0. The molecule has 2 heterocycles. The Morgan fingerprint density at radius 1 is 1.31 bits per heavy atom. The maximum Gasteiger partial charge on any atom is 0.417 e. The fourth-order valence-corrected chi connectivity index (χ4v) is 5.30. The Labute approximate surface area is 186 Å². The van der Waals surface area contributed by atoms with Crippen molar-refractivity contribution in [2.45, 2.75) is 69.8 Å². The molecule has 1 amide bonds. The second-order valence-corrected chi connectivity index (χ2v) is 9.62. The minimum atomic E-state index is -4.55. The molecule has 0 N–H and O–H groups in total. The first kappa shape index (κ1) is 23.2. The lowest BCUT2D eigenvalue weighted by Gasteiger charge is -2.33. The highest BCUT2D eigenvalue weighted by molar-refractivity contribution is 5.78. The number of alkyl halides is 3. The van der Waals surface area contributed by atoms with Gasteiger partial charge in [0.15, 0.2) is 6.29 Å². The molecule has 1 saturated carbocycles. The van der Waals surface area contributed by atoms with Crippen molar-refractivity contribution in [2.24, 2.45) is 5.41 Å². The Morgan fingerprint density at radius 3 is 2.62 bits per heavy atom. The van der Waals surface area contributed by atoms with E-state index in [9.17, 15) is 22.8 Å². The van der Waals surface area contributed by atoms with Gasteiger partial charge in [-0.1, -0.05) is 6.07 Å². The van der Waals surface area contributed by atoms with Crippen molar-refractivity contribution < 1.29 is 32.2 Å². The SMILES string of the molecule is CC(CC(=O)N1CCC(c2ccc(C(F)(F)F)c(C=O)c2)CC1)OCC12CCC(C1)OC2. The van der Waals surface area contributed by atoms with Gasteiger partial charge in [0, 0.05) is 24.1 Å². The van der Waals surface area contributed by atoms with Crippen molar-refractivity contribution in [3.63, 3.8) is 0 Å². The van der Waals surface area contributed by atoms with Crippen LogP contribution in [0.2, 0.25) is 0 Å². The topological polar surface area (TPSA) is 55.8 Å². The van der Waals surface area contributed by atoms with E-state index >= 15 is 0 Å². The molecule has 3 aliphatic rings. The molecule has 1 aromatic rings. The van der Waals surface area contributed by atoms with Crippen LogP contribution in [-0.4, -0.2) is 55.6 Å². The standard InChI is InChI=1S/C24H30F3NO4/c1-16(31-14-23-7-4-20(12-23)32-15-23)10-22(30)28-8-5-17(6-9-28)18-2-3-21(24(25,26)27)19(11-18)13-29/h2-3,11,13,16-17,20H,4-10,12,14-15H2,1H3. The number of benzene rings is 1. The highest BCUT2D eigenvalue weighted by atomic mass is 19.4. The van der Waals surface area contributed by atoms with Crippen molar-refractivity contribution in [1.29, 1.82) is 0 Å². The molecule has 0 radical (unpaired) electrons. The number of rotatable bonds is 7. The maximum absolute atomic E-state index is 13.0. The van der Waals surface area contributed by atoms with Crippen molar-refractivity contribution in [3.05, 3.63) is 34.9 Å². The zero-order valence-electron chi connectivity index (χ0n) is 18.3. The number of nitrogens with zero attached hydrogens (tertiary/aromatic N) is 1. The van der Waals surface area contributed by atoms with E-state index in [0.29, 0.717) is 45.1 Å². The van der Waals surface area contributed by atoms with Gasteiger partial charge in [-0.15, -0.1) is 0 Å². The summed E-state index contributed by atoms with van der Waals surface area (Å²) < 4.78 is 50.8. The number of carbonyl (C=O) groups is 2.